The number of carbonyl (C=O) groups excluding carboxylic acids is 2. The highest BCUT2D eigenvalue weighted by atomic mass is 32.2. The van der Waals surface area contributed by atoms with Crippen LogP contribution in [0.25, 0.3) is 0 Å². The number of aryl methyl sites for hydroxylation is 2. The normalized spacial score (nSPS) is 13.5. The molecule has 1 aliphatic carbocycles. The Morgan fingerprint density at radius 1 is 1.29 bits per heavy atom. The summed E-state index contributed by atoms with van der Waals surface area (Å²) in [5.74, 6) is 0.522. The fourth-order valence-corrected chi connectivity index (χ4v) is 5.62. The Morgan fingerprint density at radius 3 is 2.75 bits per heavy atom. The first-order chi connectivity index (χ1) is 13.4. The van der Waals surface area contributed by atoms with Gasteiger partial charge >= 0.3 is 5.97 Å². The van der Waals surface area contributed by atoms with Crippen molar-refractivity contribution in [1.29, 1.82) is 0 Å². The molecule has 3 rings (SSSR count). The molecular formula is C19H26N4O3S2. The lowest BCUT2D eigenvalue weighted by molar-refractivity contribution is -0.113. The van der Waals surface area contributed by atoms with Crippen molar-refractivity contribution in [2.45, 2.75) is 64.6 Å². The SMILES string of the molecule is CCOC(=O)c1c(NC(=O)CSc2nnc(C)n2C(C)C)sc2c1CCCC2. The van der Waals surface area contributed by atoms with Gasteiger partial charge in [-0.2, -0.15) is 0 Å². The van der Waals surface area contributed by atoms with Crippen LogP contribution in [0.3, 0.4) is 0 Å². The minimum atomic E-state index is -0.347. The number of nitrogens with zero attached hydrogens (tertiary/aromatic N) is 3. The summed E-state index contributed by atoms with van der Waals surface area (Å²) in [7, 11) is 0. The average molecular weight is 423 g/mol. The summed E-state index contributed by atoms with van der Waals surface area (Å²) in [6.45, 7) is 8.12. The number of aromatic nitrogens is 3. The van der Waals surface area contributed by atoms with E-state index in [0.29, 0.717) is 17.2 Å². The van der Waals surface area contributed by atoms with Crippen LogP contribution in [0.1, 0.15) is 66.3 Å². The van der Waals surface area contributed by atoms with E-state index in [9.17, 15) is 9.59 Å². The summed E-state index contributed by atoms with van der Waals surface area (Å²) >= 11 is 2.85. The summed E-state index contributed by atoms with van der Waals surface area (Å²) in [5.41, 5.74) is 1.59. The smallest absolute Gasteiger partial charge is 0.341 e. The highest BCUT2D eigenvalue weighted by Gasteiger charge is 2.27. The molecule has 2 aromatic heterocycles. The summed E-state index contributed by atoms with van der Waals surface area (Å²) in [5, 5.41) is 12.5. The summed E-state index contributed by atoms with van der Waals surface area (Å²) in [6.07, 6.45) is 3.99. The Morgan fingerprint density at radius 2 is 2.04 bits per heavy atom. The Kier molecular flexibility index (Phi) is 6.77. The molecule has 0 spiro atoms. The molecule has 0 aliphatic heterocycles. The van der Waals surface area contributed by atoms with Crippen molar-refractivity contribution in [3.05, 3.63) is 21.8 Å². The maximum atomic E-state index is 12.6. The molecule has 0 saturated carbocycles. The van der Waals surface area contributed by atoms with Gasteiger partial charge in [-0.15, -0.1) is 21.5 Å². The van der Waals surface area contributed by atoms with Gasteiger partial charge in [0.15, 0.2) is 5.16 Å². The maximum absolute atomic E-state index is 12.6. The molecule has 28 heavy (non-hydrogen) atoms. The third-order valence-electron chi connectivity index (χ3n) is 4.59. The van der Waals surface area contributed by atoms with Crippen molar-refractivity contribution >= 4 is 40.0 Å². The lowest BCUT2D eigenvalue weighted by atomic mass is 9.95. The van der Waals surface area contributed by atoms with E-state index in [1.54, 1.807) is 6.92 Å². The number of anilines is 1. The molecule has 1 N–H and O–H groups in total. The van der Waals surface area contributed by atoms with Gasteiger partial charge in [0.25, 0.3) is 0 Å². The molecule has 0 bridgehead atoms. The Bertz CT molecular complexity index is 873. The zero-order chi connectivity index (χ0) is 20.3. The highest BCUT2D eigenvalue weighted by molar-refractivity contribution is 7.99. The molecule has 0 radical (unpaired) electrons. The van der Waals surface area contributed by atoms with E-state index in [-0.39, 0.29) is 23.7 Å². The number of ether oxygens (including phenoxy) is 1. The predicted octanol–water partition coefficient (Wildman–Crippen LogP) is 4.02. The molecule has 0 atom stereocenters. The molecule has 2 heterocycles. The lowest BCUT2D eigenvalue weighted by Crippen LogP contribution is -2.17. The van der Waals surface area contributed by atoms with Gasteiger partial charge in [0, 0.05) is 10.9 Å². The number of esters is 1. The quantitative estimate of drug-likeness (QED) is 0.536. The number of thiophene rings is 1. The number of hydrogen-bond donors (Lipinski definition) is 1. The van der Waals surface area contributed by atoms with Gasteiger partial charge in [0.05, 0.1) is 17.9 Å². The summed E-state index contributed by atoms with van der Waals surface area (Å²) in [4.78, 5) is 26.3. The first-order valence-electron chi connectivity index (χ1n) is 9.58. The molecule has 0 fully saturated rings. The minimum Gasteiger partial charge on any atom is -0.462 e. The zero-order valence-corrected chi connectivity index (χ0v) is 18.3. The van der Waals surface area contributed by atoms with E-state index in [2.05, 4.69) is 29.4 Å². The van der Waals surface area contributed by atoms with Crippen LogP contribution in [0.2, 0.25) is 0 Å². The van der Waals surface area contributed by atoms with Gasteiger partial charge in [0.1, 0.15) is 10.8 Å². The van der Waals surface area contributed by atoms with Gasteiger partial charge in [-0.05, 0) is 58.9 Å². The van der Waals surface area contributed by atoms with Crippen molar-refractivity contribution in [2.24, 2.45) is 0 Å². The highest BCUT2D eigenvalue weighted by Crippen LogP contribution is 2.38. The van der Waals surface area contributed by atoms with Gasteiger partial charge < -0.3 is 14.6 Å². The van der Waals surface area contributed by atoms with Crippen molar-refractivity contribution in [1.82, 2.24) is 14.8 Å². The van der Waals surface area contributed by atoms with Crippen LogP contribution in [-0.4, -0.2) is 39.0 Å². The third-order valence-corrected chi connectivity index (χ3v) is 6.74. The number of carbonyl (C=O) groups is 2. The van der Waals surface area contributed by atoms with Crippen molar-refractivity contribution < 1.29 is 14.3 Å². The number of amides is 1. The van der Waals surface area contributed by atoms with Crippen LogP contribution >= 0.6 is 23.1 Å². The van der Waals surface area contributed by atoms with E-state index in [0.717, 1.165) is 42.2 Å². The molecular weight excluding hydrogens is 396 g/mol. The predicted molar refractivity (Wildman–Crippen MR) is 111 cm³/mol. The van der Waals surface area contributed by atoms with Crippen molar-refractivity contribution in [3.63, 3.8) is 0 Å². The number of nitrogens with one attached hydrogen (secondary N) is 1. The van der Waals surface area contributed by atoms with Crippen LogP contribution in [-0.2, 0) is 22.4 Å². The van der Waals surface area contributed by atoms with Gasteiger partial charge in [-0.3, -0.25) is 4.79 Å². The van der Waals surface area contributed by atoms with E-state index in [1.807, 2.05) is 11.5 Å². The topological polar surface area (TPSA) is 86.1 Å². The molecule has 7 nitrogen and oxygen atoms in total. The first-order valence-corrected chi connectivity index (χ1v) is 11.4. The maximum Gasteiger partial charge on any atom is 0.341 e. The molecule has 0 unspecified atom stereocenters. The minimum absolute atomic E-state index is 0.162. The molecule has 9 heteroatoms. The molecule has 1 aliphatic rings. The average Bonchev–Trinajstić information content (AvgIpc) is 3.20. The second-order valence-corrected chi connectivity index (χ2v) is 9.01. The van der Waals surface area contributed by atoms with E-state index >= 15 is 0 Å². The standard InChI is InChI=1S/C19H26N4O3S2/c1-5-26-18(25)16-13-8-6-7-9-14(13)28-17(16)20-15(24)10-27-19-22-21-12(4)23(19)11(2)3/h11H,5-10H2,1-4H3,(H,20,24). The fourth-order valence-electron chi connectivity index (χ4n) is 3.41. The number of thioether (sulfide) groups is 1. The van der Waals surface area contributed by atoms with E-state index in [4.69, 9.17) is 4.74 Å². The lowest BCUT2D eigenvalue weighted by Gasteiger charge is -2.12. The second kappa shape index (κ2) is 9.09. The second-order valence-electron chi connectivity index (χ2n) is 6.97. The summed E-state index contributed by atoms with van der Waals surface area (Å²) < 4.78 is 7.24. The molecule has 0 aromatic carbocycles. The van der Waals surface area contributed by atoms with Crippen LogP contribution < -0.4 is 5.32 Å². The van der Waals surface area contributed by atoms with Crippen LogP contribution in [0.4, 0.5) is 5.00 Å². The first kappa shape index (κ1) is 20.9. The molecule has 152 valence electrons. The largest absolute Gasteiger partial charge is 0.462 e. The Hall–Kier alpha value is -1.87. The van der Waals surface area contributed by atoms with Gasteiger partial charge in [0.2, 0.25) is 5.91 Å². The van der Waals surface area contributed by atoms with Crippen molar-refractivity contribution in [2.75, 3.05) is 17.7 Å². The van der Waals surface area contributed by atoms with Gasteiger partial charge in [-0.25, -0.2) is 4.79 Å². The molecule has 1 amide bonds. The Labute approximate surface area is 173 Å². The third kappa shape index (κ3) is 4.41. The van der Waals surface area contributed by atoms with Crippen LogP contribution in [0, 0.1) is 6.92 Å². The monoisotopic (exact) mass is 422 g/mol. The zero-order valence-electron chi connectivity index (χ0n) is 16.7. The van der Waals surface area contributed by atoms with Crippen LogP contribution in [0.5, 0.6) is 0 Å². The number of fused-ring (bicyclic) bond motifs is 1. The van der Waals surface area contributed by atoms with Gasteiger partial charge in [-0.1, -0.05) is 11.8 Å². The number of hydrogen-bond acceptors (Lipinski definition) is 7. The Balaban J connectivity index is 1.74. The fraction of sp³-hybridized carbons (Fsp3) is 0.579. The number of rotatable bonds is 7. The van der Waals surface area contributed by atoms with E-state index in [1.165, 1.54) is 28.0 Å². The van der Waals surface area contributed by atoms with E-state index < -0.39 is 0 Å². The summed E-state index contributed by atoms with van der Waals surface area (Å²) in [6, 6.07) is 0.222. The van der Waals surface area contributed by atoms with Crippen LogP contribution in [0.15, 0.2) is 5.16 Å². The molecule has 2 aromatic rings. The molecule has 0 saturated heterocycles. The van der Waals surface area contributed by atoms with Crippen molar-refractivity contribution in [3.8, 4) is 0 Å².